The van der Waals surface area contributed by atoms with Gasteiger partial charge in [-0.25, -0.2) is 0 Å². The molecule has 0 radical (unpaired) electrons. The molecule has 1 atom stereocenters. The van der Waals surface area contributed by atoms with Gasteiger partial charge in [-0.3, -0.25) is 4.90 Å². The fraction of sp³-hybridized carbons (Fsp3) is 0.368. The number of rotatable bonds is 8. The number of benzene rings is 2. The van der Waals surface area contributed by atoms with Crippen molar-refractivity contribution in [2.75, 3.05) is 6.61 Å². The molecule has 2 aromatic carbocycles. The van der Waals surface area contributed by atoms with E-state index < -0.39 is 0 Å². The van der Waals surface area contributed by atoms with Gasteiger partial charge < -0.3 is 5.11 Å². The second-order valence-corrected chi connectivity index (χ2v) is 5.45. The van der Waals surface area contributed by atoms with Crippen LogP contribution in [0.1, 0.15) is 30.9 Å². The summed E-state index contributed by atoms with van der Waals surface area (Å²) in [5.74, 6) is 0. The standard InChI is InChI=1S/C19H25NO/c1-2-19(13-14-21)20(15-17-9-5-3-6-10-17)16-18-11-7-4-8-12-18/h3-12,19,21H,2,13-16H2,1H3/t19-/m1/s1. The molecular weight excluding hydrogens is 258 g/mol. The zero-order valence-electron chi connectivity index (χ0n) is 12.8. The molecule has 2 heteroatoms. The fourth-order valence-corrected chi connectivity index (χ4v) is 2.74. The van der Waals surface area contributed by atoms with Crippen LogP contribution in [0.15, 0.2) is 60.7 Å². The summed E-state index contributed by atoms with van der Waals surface area (Å²) < 4.78 is 0. The lowest BCUT2D eigenvalue weighted by atomic mass is 10.1. The monoisotopic (exact) mass is 283 g/mol. The normalized spacial score (nSPS) is 12.5. The van der Waals surface area contributed by atoms with Crippen molar-refractivity contribution in [2.24, 2.45) is 0 Å². The minimum atomic E-state index is 0.249. The summed E-state index contributed by atoms with van der Waals surface area (Å²) in [7, 11) is 0. The Balaban J connectivity index is 2.13. The van der Waals surface area contributed by atoms with Gasteiger partial charge in [0, 0.05) is 25.7 Å². The Bertz CT molecular complexity index is 456. The maximum Gasteiger partial charge on any atom is 0.0445 e. The van der Waals surface area contributed by atoms with Gasteiger partial charge in [0.05, 0.1) is 0 Å². The first-order chi connectivity index (χ1) is 10.3. The van der Waals surface area contributed by atoms with E-state index >= 15 is 0 Å². The van der Waals surface area contributed by atoms with E-state index in [1.54, 1.807) is 0 Å². The highest BCUT2D eigenvalue weighted by molar-refractivity contribution is 5.17. The van der Waals surface area contributed by atoms with Crippen molar-refractivity contribution in [2.45, 2.75) is 38.9 Å². The molecule has 2 nitrogen and oxygen atoms in total. The highest BCUT2D eigenvalue weighted by atomic mass is 16.3. The van der Waals surface area contributed by atoms with Crippen LogP contribution in [0.3, 0.4) is 0 Å². The van der Waals surface area contributed by atoms with E-state index in [9.17, 15) is 5.11 Å². The SMILES string of the molecule is CC[C@H](CCO)N(Cc1ccccc1)Cc1ccccc1. The Labute approximate surface area is 128 Å². The van der Waals surface area contributed by atoms with E-state index in [0.29, 0.717) is 6.04 Å². The van der Waals surface area contributed by atoms with Gasteiger partial charge in [0.1, 0.15) is 0 Å². The third-order valence-corrected chi connectivity index (χ3v) is 3.91. The number of nitrogens with zero attached hydrogens (tertiary/aromatic N) is 1. The van der Waals surface area contributed by atoms with E-state index in [0.717, 1.165) is 25.9 Å². The maximum atomic E-state index is 9.32. The quantitative estimate of drug-likeness (QED) is 0.795. The van der Waals surface area contributed by atoms with Crippen LogP contribution >= 0.6 is 0 Å². The second-order valence-electron chi connectivity index (χ2n) is 5.45. The van der Waals surface area contributed by atoms with Gasteiger partial charge in [0.2, 0.25) is 0 Å². The third-order valence-electron chi connectivity index (χ3n) is 3.91. The Morgan fingerprint density at radius 3 is 1.71 bits per heavy atom. The molecular formula is C19H25NO. The molecule has 0 unspecified atom stereocenters. The van der Waals surface area contributed by atoms with Gasteiger partial charge in [-0.05, 0) is 24.0 Å². The average Bonchev–Trinajstić information content (AvgIpc) is 2.54. The third kappa shape index (κ3) is 5.00. The molecule has 0 aliphatic rings. The topological polar surface area (TPSA) is 23.5 Å². The van der Waals surface area contributed by atoms with Crippen molar-refractivity contribution >= 4 is 0 Å². The van der Waals surface area contributed by atoms with Gasteiger partial charge in [0.15, 0.2) is 0 Å². The summed E-state index contributed by atoms with van der Waals surface area (Å²) >= 11 is 0. The summed E-state index contributed by atoms with van der Waals surface area (Å²) in [6.45, 7) is 4.30. The molecule has 2 aromatic rings. The number of aliphatic hydroxyl groups is 1. The lowest BCUT2D eigenvalue weighted by Crippen LogP contribution is -2.34. The summed E-state index contributed by atoms with van der Waals surface area (Å²) in [5, 5.41) is 9.32. The van der Waals surface area contributed by atoms with Crippen molar-refractivity contribution in [3.63, 3.8) is 0 Å². The Hall–Kier alpha value is -1.64. The zero-order valence-corrected chi connectivity index (χ0v) is 12.8. The zero-order chi connectivity index (χ0) is 14.9. The van der Waals surface area contributed by atoms with Crippen LogP contribution in [-0.4, -0.2) is 22.7 Å². The van der Waals surface area contributed by atoms with Crippen LogP contribution < -0.4 is 0 Å². The molecule has 0 fully saturated rings. The molecule has 2 rings (SSSR count). The summed E-state index contributed by atoms with van der Waals surface area (Å²) in [5.41, 5.74) is 2.65. The van der Waals surface area contributed by atoms with Crippen LogP contribution in [0.25, 0.3) is 0 Å². The van der Waals surface area contributed by atoms with Crippen LogP contribution in [0.5, 0.6) is 0 Å². The highest BCUT2D eigenvalue weighted by Crippen LogP contribution is 2.17. The minimum absolute atomic E-state index is 0.249. The first-order valence-electron chi connectivity index (χ1n) is 7.76. The Kier molecular flexibility index (Phi) is 6.45. The largest absolute Gasteiger partial charge is 0.396 e. The first-order valence-corrected chi connectivity index (χ1v) is 7.76. The number of hydrogen-bond donors (Lipinski definition) is 1. The molecule has 0 heterocycles. The molecule has 0 aromatic heterocycles. The lowest BCUT2D eigenvalue weighted by molar-refractivity contribution is 0.138. The Morgan fingerprint density at radius 2 is 1.33 bits per heavy atom. The average molecular weight is 283 g/mol. The predicted molar refractivity (Wildman–Crippen MR) is 87.9 cm³/mol. The Morgan fingerprint density at radius 1 is 0.857 bits per heavy atom. The van der Waals surface area contributed by atoms with Crippen molar-refractivity contribution in [1.82, 2.24) is 4.90 Å². The number of aliphatic hydroxyl groups excluding tert-OH is 1. The molecule has 112 valence electrons. The van der Waals surface area contributed by atoms with E-state index in [2.05, 4.69) is 72.5 Å². The molecule has 1 N–H and O–H groups in total. The van der Waals surface area contributed by atoms with Crippen LogP contribution in [0.4, 0.5) is 0 Å². The lowest BCUT2D eigenvalue weighted by Gasteiger charge is -2.31. The maximum absolute atomic E-state index is 9.32. The highest BCUT2D eigenvalue weighted by Gasteiger charge is 2.17. The van der Waals surface area contributed by atoms with E-state index in [4.69, 9.17) is 0 Å². The van der Waals surface area contributed by atoms with Gasteiger partial charge >= 0.3 is 0 Å². The van der Waals surface area contributed by atoms with Gasteiger partial charge in [-0.15, -0.1) is 0 Å². The predicted octanol–water partition coefficient (Wildman–Crippen LogP) is 3.85. The van der Waals surface area contributed by atoms with Crippen molar-refractivity contribution in [3.05, 3.63) is 71.8 Å². The molecule has 0 aliphatic carbocycles. The van der Waals surface area contributed by atoms with Crippen LogP contribution in [-0.2, 0) is 13.1 Å². The molecule has 0 aliphatic heterocycles. The van der Waals surface area contributed by atoms with E-state index in [1.165, 1.54) is 11.1 Å². The van der Waals surface area contributed by atoms with Gasteiger partial charge in [-0.2, -0.15) is 0 Å². The minimum Gasteiger partial charge on any atom is -0.396 e. The second kappa shape index (κ2) is 8.60. The molecule has 0 saturated heterocycles. The molecule has 0 saturated carbocycles. The van der Waals surface area contributed by atoms with Crippen LogP contribution in [0.2, 0.25) is 0 Å². The van der Waals surface area contributed by atoms with Crippen molar-refractivity contribution in [3.8, 4) is 0 Å². The number of hydrogen-bond acceptors (Lipinski definition) is 2. The van der Waals surface area contributed by atoms with Gasteiger partial charge in [0.25, 0.3) is 0 Å². The summed E-state index contributed by atoms with van der Waals surface area (Å²) in [6.07, 6.45) is 1.89. The fourth-order valence-electron chi connectivity index (χ4n) is 2.74. The van der Waals surface area contributed by atoms with Gasteiger partial charge in [-0.1, -0.05) is 67.6 Å². The van der Waals surface area contributed by atoms with Crippen LogP contribution in [0, 0.1) is 0 Å². The smallest absolute Gasteiger partial charge is 0.0445 e. The molecule has 21 heavy (non-hydrogen) atoms. The molecule has 0 amide bonds. The summed E-state index contributed by atoms with van der Waals surface area (Å²) in [4.78, 5) is 2.47. The van der Waals surface area contributed by atoms with Crippen molar-refractivity contribution < 1.29 is 5.11 Å². The molecule has 0 bridgehead atoms. The van der Waals surface area contributed by atoms with Crippen molar-refractivity contribution in [1.29, 1.82) is 0 Å². The first kappa shape index (κ1) is 15.7. The van der Waals surface area contributed by atoms with E-state index in [-0.39, 0.29) is 6.61 Å². The molecule has 0 spiro atoms. The van der Waals surface area contributed by atoms with E-state index in [1.807, 2.05) is 0 Å². The summed E-state index contributed by atoms with van der Waals surface area (Å²) in [6, 6.07) is 21.5.